The van der Waals surface area contributed by atoms with Gasteiger partial charge in [0.15, 0.2) is 0 Å². The van der Waals surface area contributed by atoms with Gasteiger partial charge in [-0.1, -0.05) is 6.92 Å². The Bertz CT molecular complexity index is 188. The highest BCUT2D eigenvalue weighted by Gasteiger charge is 2.17. The Morgan fingerprint density at radius 1 is 1.40 bits per heavy atom. The minimum Gasteiger partial charge on any atom is -0.459 e. The summed E-state index contributed by atoms with van der Waals surface area (Å²) in [7, 11) is 1.90. The summed E-state index contributed by atoms with van der Waals surface area (Å²) >= 11 is 0. The molecule has 0 aliphatic rings. The smallest absolute Gasteiger partial charge is 0.320 e. The van der Waals surface area contributed by atoms with Crippen molar-refractivity contribution >= 4 is 5.97 Å². The van der Waals surface area contributed by atoms with E-state index >= 15 is 0 Å². The zero-order valence-electron chi connectivity index (χ0n) is 10.6. The number of carbonyl (C=O) groups is 1. The Morgan fingerprint density at radius 2 is 2.00 bits per heavy atom. The van der Waals surface area contributed by atoms with Crippen LogP contribution in [0.1, 0.15) is 27.7 Å². The summed E-state index contributed by atoms with van der Waals surface area (Å²) in [6, 6.07) is 0. The van der Waals surface area contributed by atoms with Crippen molar-refractivity contribution in [2.75, 3.05) is 33.2 Å². The molecule has 4 heteroatoms. The highest BCUT2D eigenvalue weighted by atomic mass is 16.6. The molecule has 0 aromatic rings. The van der Waals surface area contributed by atoms with Crippen molar-refractivity contribution in [3.8, 4) is 0 Å². The molecular formula is C11H24N2O2. The first kappa shape index (κ1) is 14.4. The van der Waals surface area contributed by atoms with Crippen LogP contribution in [0, 0.1) is 0 Å². The summed E-state index contributed by atoms with van der Waals surface area (Å²) in [5, 5.41) is 3.06. The van der Waals surface area contributed by atoms with E-state index in [4.69, 9.17) is 4.74 Å². The highest BCUT2D eigenvalue weighted by Crippen LogP contribution is 2.07. The molecule has 0 aromatic carbocycles. The molecule has 0 radical (unpaired) electrons. The van der Waals surface area contributed by atoms with Crippen LogP contribution in [0.2, 0.25) is 0 Å². The summed E-state index contributed by atoms with van der Waals surface area (Å²) in [6.07, 6.45) is 0. The molecule has 0 bridgehead atoms. The molecule has 0 saturated carbocycles. The van der Waals surface area contributed by atoms with Crippen LogP contribution in [0.5, 0.6) is 0 Å². The van der Waals surface area contributed by atoms with Crippen molar-refractivity contribution < 1.29 is 9.53 Å². The van der Waals surface area contributed by atoms with Crippen LogP contribution in [-0.2, 0) is 9.53 Å². The zero-order valence-corrected chi connectivity index (χ0v) is 10.6. The van der Waals surface area contributed by atoms with Crippen LogP contribution in [0.15, 0.2) is 0 Å². The van der Waals surface area contributed by atoms with Crippen LogP contribution >= 0.6 is 0 Å². The lowest BCUT2D eigenvalue weighted by Gasteiger charge is -2.23. The number of rotatable bonds is 6. The quantitative estimate of drug-likeness (QED) is 0.669. The molecule has 0 fully saturated rings. The summed E-state index contributed by atoms with van der Waals surface area (Å²) in [6.45, 7) is 10.7. The van der Waals surface area contributed by atoms with Gasteiger partial charge in [0.25, 0.3) is 0 Å². The maximum Gasteiger partial charge on any atom is 0.320 e. The largest absolute Gasteiger partial charge is 0.459 e. The monoisotopic (exact) mass is 216 g/mol. The number of nitrogens with one attached hydrogen (secondary N) is 1. The number of hydrogen-bond donors (Lipinski definition) is 1. The van der Waals surface area contributed by atoms with Gasteiger partial charge in [-0.25, -0.2) is 0 Å². The molecule has 15 heavy (non-hydrogen) atoms. The maximum absolute atomic E-state index is 11.5. The molecule has 0 unspecified atom stereocenters. The van der Waals surface area contributed by atoms with E-state index in [0.717, 1.165) is 19.6 Å². The predicted molar refractivity (Wildman–Crippen MR) is 61.9 cm³/mol. The Balaban J connectivity index is 3.91. The van der Waals surface area contributed by atoms with E-state index in [1.165, 1.54) is 0 Å². The first-order valence-corrected chi connectivity index (χ1v) is 5.48. The van der Waals surface area contributed by atoms with Crippen LogP contribution < -0.4 is 5.32 Å². The van der Waals surface area contributed by atoms with Crippen molar-refractivity contribution in [1.82, 2.24) is 10.2 Å². The fraction of sp³-hybridized carbons (Fsp3) is 0.909. The molecule has 0 aliphatic heterocycles. The summed E-state index contributed by atoms with van der Waals surface area (Å²) in [5.74, 6) is -0.152. The summed E-state index contributed by atoms with van der Waals surface area (Å²) in [5.41, 5.74) is -0.389. The van der Waals surface area contributed by atoms with E-state index in [0.29, 0.717) is 6.54 Å². The normalized spacial score (nSPS) is 11.9. The first-order valence-electron chi connectivity index (χ1n) is 5.48. The van der Waals surface area contributed by atoms with Crippen LogP contribution in [-0.4, -0.2) is 49.7 Å². The average Bonchev–Trinajstić information content (AvgIpc) is 2.09. The van der Waals surface area contributed by atoms with E-state index < -0.39 is 0 Å². The Labute approximate surface area is 93.0 Å². The molecular weight excluding hydrogens is 192 g/mol. The highest BCUT2D eigenvalue weighted by molar-refractivity contribution is 5.72. The molecule has 0 saturated heterocycles. The number of likely N-dealkylation sites (N-methyl/N-ethyl adjacent to an activating group) is 2. The van der Waals surface area contributed by atoms with Crippen LogP contribution in [0.25, 0.3) is 0 Å². The van der Waals surface area contributed by atoms with E-state index in [2.05, 4.69) is 10.2 Å². The molecule has 90 valence electrons. The van der Waals surface area contributed by atoms with Gasteiger partial charge in [0, 0.05) is 13.1 Å². The maximum atomic E-state index is 11.5. The van der Waals surface area contributed by atoms with E-state index in [1.54, 1.807) is 0 Å². The molecule has 0 heterocycles. The molecule has 0 spiro atoms. The molecule has 0 rings (SSSR count). The van der Waals surface area contributed by atoms with E-state index in [9.17, 15) is 4.79 Å². The third kappa shape index (κ3) is 8.39. The van der Waals surface area contributed by atoms with Gasteiger partial charge < -0.3 is 10.1 Å². The molecule has 1 N–H and O–H groups in total. The third-order valence-electron chi connectivity index (χ3n) is 1.90. The number of ether oxygens (including phenoxy) is 1. The SMILES string of the molecule is CCN(CCNC)CC(=O)OC(C)(C)C. The molecule has 4 nitrogen and oxygen atoms in total. The van der Waals surface area contributed by atoms with Gasteiger partial charge in [-0.2, -0.15) is 0 Å². The Morgan fingerprint density at radius 3 is 2.40 bits per heavy atom. The zero-order chi connectivity index (χ0) is 11.9. The van der Waals surface area contributed by atoms with Crippen molar-refractivity contribution in [1.29, 1.82) is 0 Å². The minimum atomic E-state index is -0.389. The van der Waals surface area contributed by atoms with Crippen molar-refractivity contribution in [2.45, 2.75) is 33.3 Å². The minimum absolute atomic E-state index is 0.152. The second-order valence-corrected chi connectivity index (χ2v) is 4.56. The van der Waals surface area contributed by atoms with E-state index in [-0.39, 0.29) is 11.6 Å². The molecule has 0 atom stereocenters. The van der Waals surface area contributed by atoms with E-state index in [1.807, 2.05) is 34.7 Å². The van der Waals surface area contributed by atoms with Gasteiger partial charge >= 0.3 is 5.97 Å². The van der Waals surface area contributed by atoms with Gasteiger partial charge in [0.1, 0.15) is 5.60 Å². The third-order valence-corrected chi connectivity index (χ3v) is 1.90. The molecule has 0 aromatic heterocycles. The second kappa shape index (κ2) is 6.80. The number of nitrogens with zero attached hydrogens (tertiary/aromatic N) is 1. The summed E-state index contributed by atoms with van der Waals surface area (Å²) in [4.78, 5) is 13.6. The van der Waals surface area contributed by atoms with Crippen molar-refractivity contribution in [3.63, 3.8) is 0 Å². The topological polar surface area (TPSA) is 41.6 Å². The lowest BCUT2D eigenvalue weighted by Crippen LogP contribution is -2.37. The van der Waals surface area contributed by atoms with Gasteiger partial charge in [0.05, 0.1) is 6.54 Å². The lowest BCUT2D eigenvalue weighted by molar-refractivity contribution is -0.156. The van der Waals surface area contributed by atoms with Crippen LogP contribution in [0.3, 0.4) is 0 Å². The van der Waals surface area contributed by atoms with Gasteiger partial charge in [-0.05, 0) is 34.4 Å². The van der Waals surface area contributed by atoms with Crippen LogP contribution in [0.4, 0.5) is 0 Å². The molecule has 0 amide bonds. The van der Waals surface area contributed by atoms with Crippen molar-refractivity contribution in [2.24, 2.45) is 0 Å². The average molecular weight is 216 g/mol. The first-order chi connectivity index (χ1) is 6.89. The summed E-state index contributed by atoms with van der Waals surface area (Å²) < 4.78 is 5.25. The Hall–Kier alpha value is -0.610. The van der Waals surface area contributed by atoms with Gasteiger partial charge in [0.2, 0.25) is 0 Å². The standard InChI is InChI=1S/C11H24N2O2/c1-6-13(8-7-12-5)9-10(14)15-11(2,3)4/h12H,6-9H2,1-5H3. The number of carbonyl (C=O) groups excluding carboxylic acids is 1. The fourth-order valence-electron chi connectivity index (χ4n) is 1.18. The lowest BCUT2D eigenvalue weighted by atomic mass is 10.2. The predicted octanol–water partition coefficient (Wildman–Crippen LogP) is 0.869. The number of hydrogen-bond acceptors (Lipinski definition) is 4. The second-order valence-electron chi connectivity index (χ2n) is 4.56. The van der Waals surface area contributed by atoms with Gasteiger partial charge in [-0.3, -0.25) is 9.69 Å². The molecule has 0 aliphatic carbocycles. The fourth-order valence-corrected chi connectivity index (χ4v) is 1.18. The number of esters is 1. The Kier molecular flexibility index (Phi) is 6.52. The van der Waals surface area contributed by atoms with Gasteiger partial charge in [-0.15, -0.1) is 0 Å². The van der Waals surface area contributed by atoms with Crippen molar-refractivity contribution in [3.05, 3.63) is 0 Å².